The summed E-state index contributed by atoms with van der Waals surface area (Å²) in [6, 6.07) is 12.1. The second-order valence-electron chi connectivity index (χ2n) is 5.70. The lowest BCUT2D eigenvalue weighted by atomic mass is 9.99. The van der Waals surface area contributed by atoms with Crippen molar-refractivity contribution in [3.63, 3.8) is 0 Å². The summed E-state index contributed by atoms with van der Waals surface area (Å²) in [7, 11) is 1.69. The van der Waals surface area contributed by atoms with Crippen molar-refractivity contribution >= 4 is 29.0 Å². The van der Waals surface area contributed by atoms with Gasteiger partial charge in [0.1, 0.15) is 5.75 Å². The Morgan fingerprint density at radius 2 is 2.00 bits per heavy atom. The number of piperidine rings is 1. The third-order valence-electron chi connectivity index (χ3n) is 4.18. The predicted molar refractivity (Wildman–Crippen MR) is 96.7 cm³/mol. The largest absolute Gasteiger partial charge is 0.497 e. The molecule has 0 saturated carbocycles. The Labute approximate surface area is 145 Å². The molecule has 1 aliphatic rings. The highest BCUT2D eigenvalue weighted by atomic mass is 32.2. The van der Waals surface area contributed by atoms with E-state index >= 15 is 0 Å². The number of ether oxygens (including phenoxy) is 1. The van der Waals surface area contributed by atoms with Crippen LogP contribution in [0.4, 0.5) is 0 Å². The van der Waals surface area contributed by atoms with Gasteiger partial charge in [-0.3, -0.25) is 4.79 Å². The van der Waals surface area contributed by atoms with E-state index in [1.54, 1.807) is 7.11 Å². The van der Waals surface area contributed by atoms with E-state index in [4.69, 9.17) is 4.74 Å². The van der Waals surface area contributed by atoms with Crippen LogP contribution in [-0.4, -0.2) is 36.8 Å². The number of amides is 1. The maximum absolute atomic E-state index is 12.3. The number of carbonyl (C=O) groups excluding carboxylic acids is 1. The molecule has 23 heavy (non-hydrogen) atoms. The first-order chi connectivity index (χ1) is 11.3. The number of carbonyl (C=O) groups is 1. The number of benzene rings is 1. The van der Waals surface area contributed by atoms with Crippen molar-refractivity contribution in [3.05, 3.63) is 46.7 Å². The van der Waals surface area contributed by atoms with Crippen molar-refractivity contribution in [1.82, 2.24) is 4.90 Å². The number of thioether (sulfide) groups is 1. The SMILES string of the molecule is COc1ccc(SCC2CCN(C(=O)c3cccs3)CC2)cc1. The molecule has 5 heteroatoms. The molecule has 1 aromatic heterocycles. The molecular formula is C18H21NO2S2. The van der Waals surface area contributed by atoms with E-state index in [-0.39, 0.29) is 5.91 Å². The van der Waals surface area contributed by atoms with Gasteiger partial charge in [0.15, 0.2) is 0 Å². The zero-order valence-electron chi connectivity index (χ0n) is 13.2. The molecule has 2 aromatic rings. The first kappa shape index (κ1) is 16.4. The minimum atomic E-state index is 0.196. The summed E-state index contributed by atoms with van der Waals surface area (Å²) in [5.74, 6) is 2.90. The average Bonchev–Trinajstić information content (AvgIpc) is 3.15. The summed E-state index contributed by atoms with van der Waals surface area (Å²) < 4.78 is 5.18. The maximum Gasteiger partial charge on any atom is 0.263 e. The van der Waals surface area contributed by atoms with Gasteiger partial charge in [-0.15, -0.1) is 23.1 Å². The summed E-state index contributed by atoms with van der Waals surface area (Å²) in [5, 5.41) is 1.96. The maximum atomic E-state index is 12.3. The Morgan fingerprint density at radius 3 is 2.61 bits per heavy atom. The number of nitrogens with zero attached hydrogens (tertiary/aromatic N) is 1. The van der Waals surface area contributed by atoms with Gasteiger partial charge in [0.05, 0.1) is 12.0 Å². The lowest BCUT2D eigenvalue weighted by Gasteiger charge is -2.31. The van der Waals surface area contributed by atoms with Gasteiger partial charge in [-0.05, 0) is 54.5 Å². The number of hydrogen-bond donors (Lipinski definition) is 0. The van der Waals surface area contributed by atoms with Crippen molar-refractivity contribution in [3.8, 4) is 5.75 Å². The summed E-state index contributed by atoms with van der Waals surface area (Å²) in [5.41, 5.74) is 0. The lowest BCUT2D eigenvalue weighted by Crippen LogP contribution is -2.38. The molecule has 0 spiro atoms. The second-order valence-corrected chi connectivity index (χ2v) is 7.74. The Balaban J connectivity index is 1.44. The van der Waals surface area contributed by atoms with Gasteiger partial charge in [0.25, 0.3) is 5.91 Å². The van der Waals surface area contributed by atoms with Crippen molar-refractivity contribution < 1.29 is 9.53 Å². The standard InChI is InChI=1S/C18H21NO2S2/c1-21-15-4-6-16(7-5-15)23-13-14-8-10-19(11-9-14)18(20)17-3-2-12-22-17/h2-7,12,14H,8-11,13H2,1H3. The first-order valence-electron chi connectivity index (χ1n) is 7.86. The van der Waals surface area contributed by atoms with E-state index in [1.807, 2.05) is 46.3 Å². The number of thiophene rings is 1. The lowest BCUT2D eigenvalue weighted by molar-refractivity contribution is 0.0703. The number of rotatable bonds is 5. The van der Waals surface area contributed by atoms with E-state index in [9.17, 15) is 4.79 Å². The van der Waals surface area contributed by atoms with E-state index in [1.165, 1.54) is 16.2 Å². The van der Waals surface area contributed by atoms with Gasteiger partial charge in [-0.2, -0.15) is 0 Å². The third kappa shape index (κ3) is 4.30. The van der Waals surface area contributed by atoms with Crippen LogP contribution in [0, 0.1) is 5.92 Å². The molecule has 3 nitrogen and oxygen atoms in total. The Morgan fingerprint density at radius 1 is 1.26 bits per heavy atom. The van der Waals surface area contributed by atoms with Crippen LogP contribution < -0.4 is 4.74 Å². The summed E-state index contributed by atoms with van der Waals surface area (Å²) in [4.78, 5) is 16.5. The van der Waals surface area contributed by atoms with E-state index in [2.05, 4.69) is 12.1 Å². The molecule has 0 radical (unpaired) electrons. The quantitative estimate of drug-likeness (QED) is 0.751. The Kier molecular flexibility index (Phi) is 5.62. The van der Waals surface area contributed by atoms with Crippen LogP contribution in [-0.2, 0) is 0 Å². The molecule has 1 aromatic carbocycles. The number of likely N-dealkylation sites (tertiary alicyclic amines) is 1. The molecule has 1 fully saturated rings. The Hall–Kier alpha value is -1.46. The molecule has 0 atom stereocenters. The molecule has 0 aliphatic carbocycles. The zero-order valence-corrected chi connectivity index (χ0v) is 14.9. The highest BCUT2D eigenvalue weighted by Crippen LogP contribution is 2.28. The van der Waals surface area contributed by atoms with Crippen molar-refractivity contribution in [2.45, 2.75) is 17.7 Å². The van der Waals surface area contributed by atoms with Crippen LogP contribution >= 0.6 is 23.1 Å². The minimum absolute atomic E-state index is 0.196. The highest BCUT2D eigenvalue weighted by Gasteiger charge is 2.24. The van der Waals surface area contributed by atoms with Crippen LogP contribution in [0.3, 0.4) is 0 Å². The van der Waals surface area contributed by atoms with Crippen molar-refractivity contribution in [2.75, 3.05) is 26.0 Å². The summed E-state index contributed by atoms with van der Waals surface area (Å²) in [6.45, 7) is 1.76. The fourth-order valence-electron chi connectivity index (χ4n) is 2.74. The van der Waals surface area contributed by atoms with Crippen LogP contribution in [0.5, 0.6) is 5.75 Å². The number of methoxy groups -OCH3 is 1. The van der Waals surface area contributed by atoms with Gasteiger partial charge >= 0.3 is 0 Å². The molecule has 0 unspecified atom stereocenters. The normalized spacial score (nSPS) is 15.6. The first-order valence-corrected chi connectivity index (χ1v) is 9.72. The summed E-state index contributed by atoms with van der Waals surface area (Å²) >= 11 is 3.43. The van der Waals surface area contributed by atoms with Gasteiger partial charge in [0.2, 0.25) is 0 Å². The van der Waals surface area contributed by atoms with Gasteiger partial charge in [-0.25, -0.2) is 0 Å². The average molecular weight is 348 g/mol. The van der Waals surface area contributed by atoms with Gasteiger partial charge in [0, 0.05) is 23.7 Å². The smallest absolute Gasteiger partial charge is 0.263 e. The number of hydrogen-bond acceptors (Lipinski definition) is 4. The van der Waals surface area contributed by atoms with E-state index < -0.39 is 0 Å². The minimum Gasteiger partial charge on any atom is -0.497 e. The highest BCUT2D eigenvalue weighted by molar-refractivity contribution is 7.99. The molecule has 1 saturated heterocycles. The zero-order chi connectivity index (χ0) is 16.1. The molecule has 122 valence electrons. The van der Waals surface area contributed by atoms with Gasteiger partial charge < -0.3 is 9.64 Å². The third-order valence-corrected chi connectivity index (χ3v) is 6.28. The molecule has 1 aliphatic heterocycles. The van der Waals surface area contributed by atoms with Gasteiger partial charge in [-0.1, -0.05) is 6.07 Å². The fraction of sp³-hybridized carbons (Fsp3) is 0.389. The monoisotopic (exact) mass is 347 g/mol. The van der Waals surface area contributed by atoms with Crippen molar-refractivity contribution in [1.29, 1.82) is 0 Å². The second kappa shape index (κ2) is 7.88. The van der Waals surface area contributed by atoms with Crippen LogP contribution in [0.2, 0.25) is 0 Å². The van der Waals surface area contributed by atoms with E-state index in [0.717, 1.165) is 42.3 Å². The summed E-state index contributed by atoms with van der Waals surface area (Å²) in [6.07, 6.45) is 2.19. The molecule has 0 N–H and O–H groups in total. The topological polar surface area (TPSA) is 29.5 Å². The van der Waals surface area contributed by atoms with Crippen molar-refractivity contribution in [2.24, 2.45) is 5.92 Å². The molecule has 0 bridgehead atoms. The van der Waals surface area contributed by atoms with Crippen LogP contribution in [0.15, 0.2) is 46.7 Å². The fourth-order valence-corrected chi connectivity index (χ4v) is 4.53. The molecular weight excluding hydrogens is 326 g/mol. The van der Waals surface area contributed by atoms with E-state index in [0.29, 0.717) is 5.92 Å². The Bertz CT molecular complexity index is 617. The van der Waals surface area contributed by atoms with Crippen LogP contribution in [0.25, 0.3) is 0 Å². The van der Waals surface area contributed by atoms with Crippen LogP contribution in [0.1, 0.15) is 22.5 Å². The molecule has 1 amide bonds. The molecule has 2 heterocycles. The molecule has 3 rings (SSSR count). The predicted octanol–water partition coefficient (Wildman–Crippen LogP) is 4.40.